The average Bonchev–Trinajstić information content (AvgIpc) is 3.14. The number of hydrogen-bond acceptors (Lipinski definition) is 4. The van der Waals surface area contributed by atoms with Crippen molar-refractivity contribution in [3.63, 3.8) is 0 Å². The molecule has 0 aliphatic heterocycles. The molecule has 6 heteroatoms. The van der Waals surface area contributed by atoms with Crippen LogP contribution in [0.15, 0.2) is 34.4 Å². The number of H-pyrrole nitrogens is 1. The van der Waals surface area contributed by atoms with Crippen LogP contribution in [0.4, 0.5) is 0 Å². The van der Waals surface area contributed by atoms with Crippen molar-refractivity contribution < 1.29 is 0 Å². The van der Waals surface area contributed by atoms with E-state index in [2.05, 4.69) is 44.8 Å². The Balaban J connectivity index is 1.67. The molecule has 0 amide bonds. The van der Waals surface area contributed by atoms with E-state index in [-0.39, 0.29) is 5.56 Å². The van der Waals surface area contributed by atoms with Crippen molar-refractivity contribution in [2.45, 2.75) is 39.7 Å². The Bertz CT molecular complexity index is 1120. The van der Waals surface area contributed by atoms with Crippen LogP contribution in [0.3, 0.4) is 0 Å². The van der Waals surface area contributed by atoms with Gasteiger partial charge in [0.2, 0.25) is 0 Å². The molecule has 4 rings (SSSR count). The molecule has 0 aliphatic carbocycles. The van der Waals surface area contributed by atoms with Crippen LogP contribution in [0.2, 0.25) is 0 Å². The molecule has 0 bridgehead atoms. The zero-order chi connectivity index (χ0) is 17.6. The first kappa shape index (κ1) is 16.0. The Kier molecular flexibility index (Phi) is 3.92. The highest BCUT2D eigenvalue weighted by Crippen LogP contribution is 2.27. The van der Waals surface area contributed by atoms with Crippen molar-refractivity contribution in [2.24, 2.45) is 0 Å². The smallest absolute Gasteiger partial charge is 0.259 e. The van der Waals surface area contributed by atoms with Crippen LogP contribution in [-0.2, 0) is 13.0 Å². The summed E-state index contributed by atoms with van der Waals surface area (Å²) < 4.78 is 2.17. The van der Waals surface area contributed by atoms with Crippen LogP contribution in [0.1, 0.15) is 37.0 Å². The van der Waals surface area contributed by atoms with E-state index in [1.807, 2.05) is 25.1 Å². The number of hydrogen-bond donors (Lipinski definition) is 1. The van der Waals surface area contributed by atoms with E-state index in [0.717, 1.165) is 45.0 Å². The number of para-hydroxylation sites is 2. The molecule has 3 heterocycles. The van der Waals surface area contributed by atoms with E-state index in [4.69, 9.17) is 0 Å². The van der Waals surface area contributed by atoms with Crippen LogP contribution in [0, 0.1) is 6.92 Å². The number of aromatic nitrogens is 4. The number of rotatable bonds is 4. The van der Waals surface area contributed by atoms with E-state index >= 15 is 0 Å². The topological polar surface area (TPSA) is 63.6 Å². The fourth-order valence-corrected chi connectivity index (χ4v) is 4.37. The molecule has 0 saturated heterocycles. The van der Waals surface area contributed by atoms with Gasteiger partial charge in [-0.2, -0.15) is 0 Å². The summed E-state index contributed by atoms with van der Waals surface area (Å²) in [6.45, 7) is 6.94. The SMILES string of the molecule is Cc1nc2ccccc2n1CCc1nc2scc(C(C)C)c2c(=O)[nH]1. The zero-order valence-corrected chi connectivity index (χ0v) is 15.4. The molecule has 0 fully saturated rings. The van der Waals surface area contributed by atoms with Crippen molar-refractivity contribution in [3.8, 4) is 0 Å². The lowest BCUT2D eigenvalue weighted by Crippen LogP contribution is -2.14. The summed E-state index contributed by atoms with van der Waals surface area (Å²) in [5.74, 6) is 2.03. The van der Waals surface area contributed by atoms with E-state index in [1.54, 1.807) is 11.3 Å². The van der Waals surface area contributed by atoms with Gasteiger partial charge in [0, 0.05) is 13.0 Å². The quantitative estimate of drug-likeness (QED) is 0.603. The molecule has 5 nitrogen and oxygen atoms in total. The van der Waals surface area contributed by atoms with Crippen molar-refractivity contribution >= 4 is 32.6 Å². The maximum atomic E-state index is 12.5. The van der Waals surface area contributed by atoms with Crippen LogP contribution in [-0.4, -0.2) is 19.5 Å². The van der Waals surface area contributed by atoms with Gasteiger partial charge in [0.05, 0.1) is 16.4 Å². The fourth-order valence-electron chi connectivity index (χ4n) is 3.25. The molecule has 1 aromatic carbocycles. The second kappa shape index (κ2) is 6.11. The van der Waals surface area contributed by atoms with Gasteiger partial charge in [0.1, 0.15) is 16.5 Å². The third-order valence-corrected chi connectivity index (χ3v) is 5.45. The third kappa shape index (κ3) is 2.76. The number of imidazole rings is 1. The number of nitrogens with one attached hydrogen (secondary N) is 1. The van der Waals surface area contributed by atoms with Gasteiger partial charge in [-0.15, -0.1) is 11.3 Å². The predicted molar refractivity (Wildman–Crippen MR) is 103 cm³/mol. The first-order valence-corrected chi connectivity index (χ1v) is 9.34. The maximum Gasteiger partial charge on any atom is 0.259 e. The number of benzene rings is 1. The molecule has 0 spiro atoms. The van der Waals surface area contributed by atoms with Crippen LogP contribution >= 0.6 is 11.3 Å². The van der Waals surface area contributed by atoms with Gasteiger partial charge in [-0.1, -0.05) is 26.0 Å². The summed E-state index contributed by atoms with van der Waals surface area (Å²) in [7, 11) is 0. The number of aromatic amines is 1. The monoisotopic (exact) mass is 352 g/mol. The minimum atomic E-state index is -0.0304. The molecule has 128 valence electrons. The Labute approximate surface area is 149 Å². The van der Waals surface area contributed by atoms with Gasteiger partial charge in [-0.05, 0) is 35.9 Å². The number of fused-ring (bicyclic) bond motifs is 2. The van der Waals surface area contributed by atoms with E-state index in [1.165, 1.54) is 0 Å². The molecule has 25 heavy (non-hydrogen) atoms. The summed E-state index contributed by atoms with van der Waals surface area (Å²) in [5, 5.41) is 2.79. The van der Waals surface area contributed by atoms with Gasteiger partial charge < -0.3 is 9.55 Å². The van der Waals surface area contributed by atoms with Gasteiger partial charge >= 0.3 is 0 Å². The lowest BCUT2D eigenvalue weighted by molar-refractivity contribution is 0.669. The Morgan fingerprint density at radius 3 is 2.84 bits per heavy atom. The van der Waals surface area contributed by atoms with Crippen LogP contribution in [0.25, 0.3) is 21.3 Å². The number of aryl methyl sites for hydroxylation is 3. The summed E-state index contributed by atoms with van der Waals surface area (Å²) in [6.07, 6.45) is 0.668. The minimum absolute atomic E-state index is 0.0304. The summed E-state index contributed by atoms with van der Waals surface area (Å²) >= 11 is 1.55. The van der Waals surface area contributed by atoms with E-state index in [9.17, 15) is 4.79 Å². The summed E-state index contributed by atoms with van der Waals surface area (Å²) in [5.41, 5.74) is 3.16. The molecule has 3 aromatic heterocycles. The molecule has 0 atom stereocenters. The van der Waals surface area contributed by atoms with Gasteiger partial charge in [0.25, 0.3) is 5.56 Å². The summed E-state index contributed by atoms with van der Waals surface area (Å²) in [4.78, 5) is 25.6. The molecule has 0 unspecified atom stereocenters. The van der Waals surface area contributed by atoms with Crippen LogP contribution in [0.5, 0.6) is 0 Å². The molecular formula is C19H20N4OS. The minimum Gasteiger partial charge on any atom is -0.328 e. The highest BCUT2D eigenvalue weighted by atomic mass is 32.1. The van der Waals surface area contributed by atoms with Crippen molar-refractivity contribution in [1.82, 2.24) is 19.5 Å². The largest absolute Gasteiger partial charge is 0.328 e. The fraction of sp³-hybridized carbons (Fsp3) is 0.316. The molecule has 4 aromatic rings. The van der Waals surface area contributed by atoms with Crippen molar-refractivity contribution in [3.05, 3.63) is 57.2 Å². The highest BCUT2D eigenvalue weighted by molar-refractivity contribution is 7.16. The molecule has 1 N–H and O–H groups in total. The Morgan fingerprint density at radius 1 is 1.24 bits per heavy atom. The molecule has 0 saturated carbocycles. The highest BCUT2D eigenvalue weighted by Gasteiger charge is 2.14. The summed E-state index contributed by atoms with van der Waals surface area (Å²) in [6, 6.07) is 8.10. The molecule has 0 radical (unpaired) electrons. The Morgan fingerprint density at radius 2 is 2.04 bits per heavy atom. The van der Waals surface area contributed by atoms with Crippen molar-refractivity contribution in [2.75, 3.05) is 0 Å². The maximum absolute atomic E-state index is 12.5. The standard InChI is InChI=1S/C19H20N4OS/c1-11(2)13-10-25-19-17(13)18(24)21-16(22-19)8-9-23-12(3)20-14-6-4-5-7-15(14)23/h4-7,10-11H,8-9H2,1-3H3,(H,21,22,24). The lowest BCUT2D eigenvalue weighted by atomic mass is 10.0. The van der Waals surface area contributed by atoms with E-state index < -0.39 is 0 Å². The number of thiophene rings is 1. The predicted octanol–water partition coefficient (Wildman–Crippen LogP) is 4.01. The molecule has 0 aliphatic rings. The molecular weight excluding hydrogens is 332 g/mol. The van der Waals surface area contributed by atoms with Gasteiger partial charge in [0.15, 0.2) is 0 Å². The number of nitrogens with zero attached hydrogens (tertiary/aromatic N) is 3. The van der Waals surface area contributed by atoms with Crippen molar-refractivity contribution in [1.29, 1.82) is 0 Å². The Hall–Kier alpha value is -2.47. The average molecular weight is 352 g/mol. The second-order valence-electron chi connectivity index (χ2n) is 6.59. The second-order valence-corrected chi connectivity index (χ2v) is 7.45. The zero-order valence-electron chi connectivity index (χ0n) is 14.5. The lowest BCUT2D eigenvalue weighted by Gasteiger charge is -2.07. The first-order chi connectivity index (χ1) is 12.0. The van der Waals surface area contributed by atoms with Gasteiger partial charge in [-0.3, -0.25) is 4.79 Å². The third-order valence-electron chi connectivity index (χ3n) is 4.56. The van der Waals surface area contributed by atoms with Gasteiger partial charge in [-0.25, -0.2) is 9.97 Å². The first-order valence-electron chi connectivity index (χ1n) is 8.46. The van der Waals surface area contributed by atoms with E-state index in [0.29, 0.717) is 12.3 Å². The normalized spacial score (nSPS) is 11.8. The van der Waals surface area contributed by atoms with Crippen LogP contribution < -0.4 is 5.56 Å².